The van der Waals surface area contributed by atoms with Crippen LogP contribution in [0.1, 0.15) is 75.8 Å². The highest BCUT2D eigenvalue weighted by Gasteiger charge is 2.53. The summed E-state index contributed by atoms with van der Waals surface area (Å²) < 4.78 is 33.3. The van der Waals surface area contributed by atoms with Gasteiger partial charge in [-0.2, -0.15) is 13.6 Å². The molecule has 1 aromatic carbocycles. The number of benzene rings is 1. The van der Waals surface area contributed by atoms with Gasteiger partial charge in [-0.25, -0.2) is 0 Å². The number of methoxy groups -OCH3 is 1. The van der Waals surface area contributed by atoms with Crippen molar-refractivity contribution in [2.24, 2.45) is 28.3 Å². The van der Waals surface area contributed by atoms with Crippen molar-refractivity contribution in [3.63, 3.8) is 0 Å². The minimum absolute atomic E-state index is 0.201. The molecule has 5 atom stereocenters. The molecular weight excluding hydrogens is 374 g/mol. The van der Waals surface area contributed by atoms with Crippen LogP contribution in [-0.4, -0.2) is 15.5 Å². The summed E-state index contributed by atoms with van der Waals surface area (Å²) in [5, 5.41) is 5.08. The van der Waals surface area contributed by atoms with Crippen molar-refractivity contribution in [2.45, 2.75) is 71.1 Å². The van der Waals surface area contributed by atoms with Crippen LogP contribution < -0.4 is 14.1 Å². The average molecular weight is 408 g/mol. The molecule has 0 heterocycles. The van der Waals surface area contributed by atoms with Gasteiger partial charge in [0.05, 0.1) is 7.11 Å². The number of hydrogen-bond acceptors (Lipinski definition) is 4. The molecule has 2 N–H and O–H groups in total. The normalized spacial score (nSPS) is 34.7. The molecule has 5 nitrogen and oxygen atoms in total. The highest BCUT2D eigenvalue weighted by Crippen LogP contribution is 2.63. The summed E-state index contributed by atoms with van der Waals surface area (Å²) in [7, 11) is -2.53. The Kier molecular flexibility index (Phi) is 5.15. The highest BCUT2D eigenvalue weighted by atomic mass is 32.2. The van der Waals surface area contributed by atoms with Gasteiger partial charge in [0.25, 0.3) is 0 Å². The Bertz CT molecular complexity index is 852. The zero-order chi connectivity index (χ0) is 20.1. The number of nitrogens with two attached hydrogens (primary N) is 1. The summed E-state index contributed by atoms with van der Waals surface area (Å²) in [6.07, 6.45) is 10.0. The van der Waals surface area contributed by atoms with E-state index in [1.807, 2.05) is 12.1 Å². The monoisotopic (exact) mass is 407 g/mol. The first-order valence-corrected chi connectivity index (χ1v) is 12.2. The average Bonchev–Trinajstić information content (AvgIpc) is 2.66. The molecule has 2 saturated carbocycles. The number of hydrogen-bond donors (Lipinski definition) is 1. The Hall–Kier alpha value is -1.27. The predicted molar refractivity (Wildman–Crippen MR) is 110 cm³/mol. The van der Waals surface area contributed by atoms with E-state index in [1.54, 1.807) is 7.11 Å². The van der Waals surface area contributed by atoms with E-state index in [4.69, 9.17) is 14.1 Å². The lowest BCUT2D eigenvalue weighted by molar-refractivity contribution is -0.0603. The molecule has 0 saturated heterocycles. The molecule has 0 bridgehead atoms. The van der Waals surface area contributed by atoms with Gasteiger partial charge < -0.3 is 8.92 Å². The van der Waals surface area contributed by atoms with Crippen molar-refractivity contribution in [1.29, 1.82) is 0 Å². The molecule has 0 aliphatic heterocycles. The van der Waals surface area contributed by atoms with Gasteiger partial charge in [-0.1, -0.05) is 26.7 Å². The largest absolute Gasteiger partial charge is 0.493 e. The fourth-order valence-electron chi connectivity index (χ4n) is 7.00. The first kappa shape index (κ1) is 20.0. The molecule has 156 valence electrons. The van der Waals surface area contributed by atoms with Crippen LogP contribution >= 0.6 is 0 Å². The molecule has 6 heteroatoms. The fourth-order valence-corrected chi connectivity index (χ4v) is 7.38. The summed E-state index contributed by atoms with van der Waals surface area (Å²) in [5.74, 6) is 3.54. The molecule has 28 heavy (non-hydrogen) atoms. The first-order valence-electron chi connectivity index (χ1n) is 10.7. The van der Waals surface area contributed by atoms with Crippen molar-refractivity contribution in [3.05, 3.63) is 23.3 Å². The second kappa shape index (κ2) is 7.21. The van der Waals surface area contributed by atoms with E-state index in [0.29, 0.717) is 17.1 Å². The summed E-state index contributed by atoms with van der Waals surface area (Å²) in [6.45, 7) is 4.87. The molecule has 0 aromatic heterocycles. The smallest absolute Gasteiger partial charge is 0.380 e. The maximum absolute atomic E-state index is 11.4. The SMILES string of the molecule is CC[C@]12CCC3c4cc(OC)c(OS(N)(=O)=O)cc4CCC3C1CCC[C@@H]2C. The van der Waals surface area contributed by atoms with Crippen LogP contribution in [0.25, 0.3) is 0 Å². The molecule has 1 aromatic rings. The third-order valence-corrected chi connectivity index (χ3v) is 8.67. The molecule has 0 radical (unpaired) electrons. The van der Waals surface area contributed by atoms with Gasteiger partial charge in [0.2, 0.25) is 0 Å². The fraction of sp³-hybridized carbons (Fsp3) is 0.727. The maximum Gasteiger partial charge on any atom is 0.380 e. The van der Waals surface area contributed by atoms with Crippen molar-refractivity contribution >= 4 is 10.3 Å². The summed E-state index contributed by atoms with van der Waals surface area (Å²) >= 11 is 0. The molecule has 3 unspecified atom stereocenters. The van der Waals surface area contributed by atoms with Crippen molar-refractivity contribution in [1.82, 2.24) is 0 Å². The van der Waals surface area contributed by atoms with Gasteiger partial charge in [0.1, 0.15) is 0 Å². The first-order chi connectivity index (χ1) is 13.3. The van der Waals surface area contributed by atoms with Crippen LogP contribution in [0.2, 0.25) is 0 Å². The Labute approximate surface area is 169 Å². The molecule has 0 amide bonds. The number of rotatable bonds is 4. The number of fused-ring (bicyclic) bond motifs is 5. The van der Waals surface area contributed by atoms with Gasteiger partial charge in [-0.3, -0.25) is 0 Å². The van der Waals surface area contributed by atoms with Crippen LogP contribution in [0, 0.1) is 23.2 Å². The highest BCUT2D eigenvalue weighted by molar-refractivity contribution is 7.84. The lowest BCUT2D eigenvalue weighted by atomic mass is 9.47. The van der Waals surface area contributed by atoms with Crippen LogP contribution in [-0.2, 0) is 16.7 Å². The van der Waals surface area contributed by atoms with Gasteiger partial charge in [-0.05, 0) is 90.9 Å². The van der Waals surface area contributed by atoms with E-state index in [9.17, 15) is 8.42 Å². The van der Waals surface area contributed by atoms with E-state index in [1.165, 1.54) is 56.1 Å². The Morgan fingerprint density at radius 2 is 1.96 bits per heavy atom. The third-order valence-electron chi connectivity index (χ3n) is 8.26. The second-order valence-electron chi connectivity index (χ2n) is 9.15. The topological polar surface area (TPSA) is 78.6 Å². The molecular formula is C22H33NO4S. The summed E-state index contributed by atoms with van der Waals surface area (Å²) in [4.78, 5) is 0. The van der Waals surface area contributed by atoms with E-state index < -0.39 is 10.3 Å². The van der Waals surface area contributed by atoms with Crippen molar-refractivity contribution < 1.29 is 17.3 Å². The van der Waals surface area contributed by atoms with Gasteiger partial charge in [0, 0.05) is 0 Å². The molecule has 3 aliphatic carbocycles. The second-order valence-corrected chi connectivity index (χ2v) is 10.3. The van der Waals surface area contributed by atoms with Gasteiger partial charge in [-0.15, -0.1) is 0 Å². The summed E-state index contributed by atoms with van der Waals surface area (Å²) in [5.41, 5.74) is 3.03. The zero-order valence-corrected chi connectivity index (χ0v) is 18.1. The quantitative estimate of drug-likeness (QED) is 0.794. The zero-order valence-electron chi connectivity index (χ0n) is 17.2. The van der Waals surface area contributed by atoms with Crippen molar-refractivity contribution in [2.75, 3.05) is 7.11 Å². The molecule has 4 rings (SSSR count). The van der Waals surface area contributed by atoms with Crippen molar-refractivity contribution in [3.8, 4) is 11.5 Å². The minimum atomic E-state index is -4.07. The maximum atomic E-state index is 11.4. The lowest BCUT2D eigenvalue weighted by Gasteiger charge is -2.58. The molecule has 2 fully saturated rings. The van der Waals surface area contributed by atoms with Gasteiger partial charge in [0.15, 0.2) is 11.5 Å². The Morgan fingerprint density at radius 1 is 1.18 bits per heavy atom. The van der Waals surface area contributed by atoms with E-state index >= 15 is 0 Å². The number of ether oxygens (including phenoxy) is 1. The minimum Gasteiger partial charge on any atom is -0.493 e. The van der Waals surface area contributed by atoms with Crippen LogP contribution in [0.5, 0.6) is 11.5 Å². The Balaban J connectivity index is 1.71. The van der Waals surface area contributed by atoms with Crippen LogP contribution in [0.3, 0.4) is 0 Å². The van der Waals surface area contributed by atoms with E-state index in [2.05, 4.69) is 13.8 Å². The number of aryl methyl sites for hydroxylation is 1. The lowest BCUT2D eigenvalue weighted by Crippen LogP contribution is -2.49. The third kappa shape index (κ3) is 3.22. The van der Waals surface area contributed by atoms with E-state index in [0.717, 1.165) is 24.2 Å². The summed E-state index contributed by atoms with van der Waals surface area (Å²) in [6, 6.07) is 3.85. The standard InChI is InChI=1S/C22H33NO4S/c1-4-22-11-10-16-17(19(22)7-5-6-14(22)2)9-8-15-12-21(27-28(23,24)25)20(26-3)13-18(15)16/h12-14,16-17,19H,4-11H2,1-3H3,(H2,23,24,25)/t14-,16?,17?,19?,22+/m0/s1. The van der Waals surface area contributed by atoms with Crippen LogP contribution in [0.15, 0.2) is 12.1 Å². The predicted octanol–water partition coefficient (Wildman–Crippen LogP) is 4.55. The molecule has 0 spiro atoms. The van der Waals surface area contributed by atoms with E-state index in [-0.39, 0.29) is 5.75 Å². The van der Waals surface area contributed by atoms with Gasteiger partial charge >= 0.3 is 10.3 Å². The Morgan fingerprint density at radius 3 is 2.64 bits per heavy atom. The van der Waals surface area contributed by atoms with Crippen LogP contribution in [0.4, 0.5) is 0 Å². The molecule has 3 aliphatic rings.